The molecule has 0 aromatic heterocycles. The van der Waals surface area contributed by atoms with Crippen LogP contribution in [0, 0.1) is 0 Å². The molecule has 0 radical (unpaired) electrons. The van der Waals surface area contributed by atoms with Gasteiger partial charge in [0.1, 0.15) is 17.8 Å². The maximum absolute atomic E-state index is 12.9. The number of aliphatic hydroxyl groups is 2. The van der Waals surface area contributed by atoms with E-state index in [2.05, 4.69) is 32.3 Å². The molecule has 2 N–H and O–H groups in total. The molecular formula is C52H68N2O13+2. The van der Waals surface area contributed by atoms with Crippen LogP contribution in [0.4, 0.5) is 0 Å². The first-order chi connectivity index (χ1) is 32.3. The highest BCUT2D eigenvalue weighted by atomic mass is 16.5. The second-order valence-corrected chi connectivity index (χ2v) is 17.5. The van der Waals surface area contributed by atoms with Gasteiger partial charge in [-0.25, -0.2) is 9.59 Å². The SMILES string of the molecule is COc1ccc(CC2c3cc(OC)c(OC)cc3CC[N+]2(C)CCCOC(=O)/C=C\C(=O)OCCC[N+]2(C)CCc3cc(CO)c(CO)c(OC)c3C2c2ccc(OC)c(OC)c2)cc1OC. The number of carbonyl (C=O) groups is 2. The zero-order valence-corrected chi connectivity index (χ0v) is 40.5. The van der Waals surface area contributed by atoms with Gasteiger partial charge in [-0.05, 0) is 64.7 Å². The molecule has 0 saturated carbocycles. The van der Waals surface area contributed by atoms with Gasteiger partial charge in [-0.1, -0.05) is 12.1 Å². The fraction of sp³-hybridized carbons (Fsp3) is 0.462. The van der Waals surface area contributed by atoms with Gasteiger partial charge in [0, 0.05) is 60.9 Å². The molecule has 4 aromatic carbocycles. The van der Waals surface area contributed by atoms with Crippen molar-refractivity contribution in [2.24, 2.45) is 0 Å². The summed E-state index contributed by atoms with van der Waals surface area (Å²) in [6, 6.07) is 17.8. The van der Waals surface area contributed by atoms with Gasteiger partial charge < -0.3 is 61.8 Å². The van der Waals surface area contributed by atoms with E-state index in [0.717, 1.165) is 66.9 Å². The number of aliphatic hydroxyl groups excluding tert-OH is 2. The number of carbonyl (C=O) groups excluding carboxylic acids is 2. The van der Waals surface area contributed by atoms with E-state index in [4.69, 9.17) is 42.6 Å². The first-order valence-corrected chi connectivity index (χ1v) is 22.6. The van der Waals surface area contributed by atoms with Gasteiger partial charge in [-0.3, -0.25) is 0 Å². The summed E-state index contributed by atoms with van der Waals surface area (Å²) in [5.74, 6) is 3.17. The van der Waals surface area contributed by atoms with Gasteiger partial charge in [-0.15, -0.1) is 0 Å². The average molecular weight is 929 g/mol. The third-order valence-electron chi connectivity index (χ3n) is 13.6. The molecule has 67 heavy (non-hydrogen) atoms. The van der Waals surface area contributed by atoms with Crippen LogP contribution in [-0.4, -0.2) is 134 Å². The van der Waals surface area contributed by atoms with E-state index < -0.39 is 11.9 Å². The van der Waals surface area contributed by atoms with Crippen molar-refractivity contribution in [2.75, 3.05) is 103 Å². The Morgan fingerprint density at radius 1 is 0.612 bits per heavy atom. The number of hydrogen-bond donors (Lipinski definition) is 2. The van der Waals surface area contributed by atoms with Gasteiger partial charge >= 0.3 is 11.9 Å². The van der Waals surface area contributed by atoms with E-state index in [1.54, 1.807) is 49.8 Å². The van der Waals surface area contributed by atoms with Crippen molar-refractivity contribution in [2.45, 2.75) is 57.4 Å². The molecule has 0 spiro atoms. The summed E-state index contributed by atoms with van der Waals surface area (Å²) < 4.78 is 52.1. The summed E-state index contributed by atoms with van der Waals surface area (Å²) in [6.45, 7) is 2.75. The van der Waals surface area contributed by atoms with Gasteiger partial charge in [0.15, 0.2) is 34.5 Å². The standard InChI is InChI=1S/C52H68N2O13/c1-53(22-18-35-29-46(63-7)47(64-8)31-39(35)41(53)26-34-12-14-42(59-3)44(27-34)61-5)20-10-24-66-48(57)16-17-49(58)67-25-11-21-54(2)23-19-36-28-38(32-55)40(33-56)52(65-9)50(36)51(54)37-13-15-43(60-4)45(30-37)62-6/h12-17,27-31,41,51,55-56H,10-11,18-26,32-33H2,1-9H3/q+2/b17-16-. The lowest BCUT2D eigenvalue weighted by atomic mass is 9.82. The molecule has 2 heterocycles. The Balaban J connectivity index is 1.07. The molecule has 0 bridgehead atoms. The molecule has 0 aliphatic carbocycles. The Kier molecular flexibility index (Phi) is 17.1. The maximum atomic E-state index is 12.9. The monoisotopic (exact) mass is 928 g/mol. The smallest absolute Gasteiger partial charge is 0.331 e. The Morgan fingerprint density at radius 3 is 1.73 bits per heavy atom. The number of rotatable bonds is 22. The van der Waals surface area contributed by atoms with E-state index in [1.807, 2.05) is 36.4 Å². The Labute approximate surface area is 394 Å². The fourth-order valence-corrected chi connectivity index (χ4v) is 10.1. The minimum atomic E-state index is -0.638. The van der Waals surface area contributed by atoms with Crippen LogP contribution in [0.3, 0.4) is 0 Å². The van der Waals surface area contributed by atoms with Gasteiger partial charge in [-0.2, -0.15) is 0 Å². The van der Waals surface area contributed by atoms with Gasteiger partial charge in [0.2, 0.25) is 0 Å². The quantitative estimate of drug-likeness (QED) is 0.0396. The summed E-state index contributed by atoms with van der Waals surface area (Å²) in [7, 11) is 15.7. The van der Waals surface area contributed by atoms with Gasteiger partial charge in [0.25, 0.3) is 0 Å². The number of likely N-dealkylation sites (N-methyl/N-ethyl adjacent to an activating group) is 2. The molecule has 6 rings (SSSR count). The number of hydrogen-bond acceptors (Lipinski definition) is 13. The molecule has 15 nitrogen and oxygen atoms in total. The molecule has 0 fully saturated rings. The largest absolute Gasteiger partial charge is 0.496 e. The van der Waals surface area contributed by atoms with Crippen molar-refractivity contribution >= 4 is 11.9 Å². The molecule has 362 valence electrons. The van der Waals surface area contributed by atoms with Crippen molar-refractivity contribution in [3.8, 4) is 40.2 Å². The van der Waals surface area contributed by atoms with Crippen LogP contribution in [0.25, 0.3) is 0 Å². The molecule has 0 saturated heterocycles. The van der Waals surface area contributed by atoms with Crippen molar-refractivity contribution in [1.82, 2.24) is 0 Å². The van der Waals surface area contributed by atoms with E-state index in [9.17, 15) is 19.8 Å². The molecule has 0 amide bonds. The topological polar surface area (TPSA) is 158 Å². The number of quaternary nitrogens is 2. The van der Waals surface area contributed by atoms with E-state index >= 15 is 0 Å². The van der Waals surface area contributed by atoms with Crippen molar-refractivity contribution in [1.29, 1.82) is 0 Å². The summed E-state index contributed by atoms with van der Waals surface area (Å²) in [4.78, 5) is 25.7. The van der Waals surface area contributed by atoms with Crippen LogP contribution in [0.5, 0.6) is 40.2 Å². The number of benzene rings is 4. The molecule has 2 aliphatic rings. The average Bonchev–Trinajstić information content (AvgIpc) is 3.35. The van der Waals surface area contributed by atoms with Gasteiger partial charge in [0.05, 0.1) is 122 Å². The number of ether oxygens (including phenoxy) is 9. The molecule has 4 aromatic rings. The number of nitrogens with zero attached hydrogens (tertiary/aromatic N) is 2. The van der Waals surface area contributed by atoms with E-state index in [0.29, 0.717) is 86.1 Å². The lowest BCUT2D eigenvalue weighted by molar-refractivity contribution is -0.941. The highest BCUT2D eigenvalue weighted by molar-refractivity contribution is 5.91. The Morgan fingerprint density at radius 2 is 1.15 bits per heavy atom. The number of esters is 2. The van der Waals surface area contributed by atoms with Crippen LogP contribution in [-0.2, 0) is 51.5 Å². The predicted molar refractivity (Wildman–Crippen MR) is 251 cm³/mol. The van der Waals surface area contributed by atoms with Crippen LogP contribution in [0.15, 0.2) is 66.7 Å². The van der Waals surface area contributed by atoms with Crippen LogP contribution in [0.2, 0.25) is 0 Å². The minimum Gasteiger partial charge on any atom is -0.496 e. The van der Waals surface area contributed by atoms with Crippen LogP contribution >= 0.6 is 0 Å². The maximum Gasteiger partial charge on any atom is 0.331 e. The Bertz CT molecular complexity index is 2400. The highest BCUT2D eigenvalue weighted by Crippen LogP contribution is 2.48. The molecule has 15 heteroatoms. The third-order valence-corrected chi connectivity index (χ3v) is 13.6. The normalized spacial score (nSPS) is 19.7. The Hall–Kier alpha value is -6.00. The van der Waals surface area contributed by atoms with E-state index in [-0.39, 0.29) is 38.5 Å². The van der Waals surface area contributed by atoms with E-state index in [1.165, 1.54) is 11.1 Å². The second-order valence-electron chi connectivity index (χ2n) is 17.5. The summed E-state index contributed by atoms with van der Waals surface area (Å²) >= 11 is 0. The zero-order valence-electron chi connectivity index (χ0n) is 40.5. The number of methoxy groups -OCH3 is 7. The predicted octanol–water partition coefficient (Wildman–Crippen LogP) is 6.23. The number of fused-ring (bicyclic) bond motifs is 2. The zero-order chi connectivity index (χ0) is 48.3. The van der Waals surface area contributed by atoms with Crippen molar-refractivity contribution in [3.05, 3.63) is 111 Å². The summed E-state index contributed by atoms with van der Waals surface area (Å²) in [6.07, 6.45) is 5.62. The fourth-order valence-electron chi connectivity index (χ4n) is 10.1. The summed E-state index contributed by atoms with van der Waals surface area (Å²) in [5, 5.41) is 20.6. The molecular weight excluding hydrogens is 861 g/mol. The first kappa shape index (κ1) is 50.4. The molecule has 4 unspecified atom stereocenters. The molecule has 4 atom stereocenters. The van der Waals surface area contributed by atoms with Crippen molar-refractivity contribution in [3.63, 3.8) is 0 Å². The minimum absolute atomic E-state index is 0.0567. The third kappa shape index (κ3) is 11.1. The molecule has 2 aliphatic heterocycles. The van der Waals surface area contributed by atoms with Crippen molar-refractivity contribution < 1.29 is 71.4 Å². The lowest BCUT2D eigenvalue weighted by Gasteiger charge is -2.46. The summed E-state index contributed by atoms with van der Waals surface area (Å²) in [5.41, 5.74) is 7.58. The second kappa shape index (κ2) is 22.7. The van der Waals surface area contributed by atoms with Crippen LogP contribution in [0.1, 0.15) is 69.4 Å². The van der Waals surface area contributed by atoms with Crippen LogP contribution < -0.4 is 33.2 Å². The first-order valence-electron chi connectivity index (χ1n) is 22.6. The lowest BCUT2D eigenvalue weighted by Crippen LogP contribution is -2.52. The highest BCUT2D eigenvalue weighted by Gasteiger charge is 2.44.